The molecule has 1 unspecified atom stereocenters. The summed E-state index contributed by atoms with van der Waals surface area (Å²) >= 11 is 0. The molecular formula is C23H41N5O4S. The van der Waals surface area contributed by atoms with Crippen LogP contribution in [0, 0.1) is 25.7 Å². The smallest absolute Gasteiger partial charge is 0.248 e. The Morgan fingerprint density at radius 2 is 1.70 bits per heavy atom. The van der Waals surface area contributed by atoms with Gasteiger partial charge in [-0.25, -0.2) is 8.42 Å². The Balaban J connectivity index is 1.37. The van der Waals surface area contributed by atoms with E-state index in [0.29, 0.717) is 43.9 Å². The number of nitrogens with zero attached hydrogens (tertiary/aromatic N) is 4. The number of hydrogen-bond acceptors (Lipinski definition) is 7. The van der Waals surface area contributed by atoms with Gasteiger partial charge >= 0.3 is 0 Å². The highest BCUT2D eigenvalue weighted by Gasteiger charge is 2.36. The van der Waals surface area contributed by atoms with E-state index in [0.717, 1.165) is 39.1 Å². The van der Waals surface area contributed by atoms with E-state index in [4.69, 9.17) is 4.52 Å². The number of carbonyl (C=O) groups is 1. The summed E-state index contributed by atoms with van der Waals surface area (Å²) in [5.41, 5.74) is 0.394. The van der Waals surface area contributed by atoms with Gasteiger partial charge < -0.3 is 19.6 Å². The summed E-state index contributed by atoms with van der Waals surface area (Å²) in [6.45, 7) is 15.7. The van der Waals surface area contributed by atoms with Crippen LogP contribution in [0.25, 0.3) is 0 Å². The third-order valence-corrected chi connectivity index (χ3v) is 9.28. The number of nitrogens with one attached hydrogen (secondary N) is 1. The fourth-order valence-electron chi connectivity index (χ4n) is 5.03. The summed E-state index contributed by atoms with van der Waals surface area (Å²) in [4.78, 5) is 17.9. The summed E-state index contributed by atoms with van der Waals surface area (Å²) in [5.74, 6) is 0.472. The van der Waals surface area contributed by atoms with Crippen molar-refractivity contribution in [1.82, 2.24) is 24.6 Å². The lowest BCUT2D eigenvalue weighted by Crippen LogP contribution is -2.47. The number of aromatic nitrogens is 1. The van der Waals surface area contributed by atoms with E-state index >= 15 is 0 Å². The maximum Gasteiger partial charge on any atom is 0.248 e. The Labute approximate surface area is 198 Å². The average molecular weight is 484 g/mol. The van der Waals surface area contributed by atoms with E-state index in [1.807, 2.05) is 6.92 Å². The zero-order valence-corrected chi connectivity index (χ0v) is 21.5. The fraction of sp³-hybridized carbons (Fsp3) is 0.826. The lowest BCUT2D eigenvalue weighted by molar-refractivity contribution is -0.126. The summed E-state index contributed by atoms with van der Waals surface area (Å²) in [5, 5.41) is 6.88. The van der Waals surface area contributed by atoms with Crippen LogP contribution in [-0.4, -0.2) is 92.5 Å². The topological polar surface area (TPSA) is 99.0 Å². The van der Waals surface area contributed by atoms with Gasteiger partial charge in [-0.3, -0.25) is 4.79 Å². The number of sulfonamides is 1. The van der Waals surface area contributed by atoms with E-state index < -0.39 is 10.0 Å². The Bertz CT molecular complexity index is 852. The molecule has 0 saturated carbocycles. The van der Waals surface area contributed by atoms with Gasteiger partial charge in [0.1, 0.15) is 10.6 Å². The first-order valence-electron chi connectivity index (χ1n) is 12.4. The van der Waals surface area contributed by atoms with Crippen LogP contribution < -0.4 is 5.32 Å². The van der Waals surface area contributed by atoms with Crippen molar-refractivity contribution in [3.8, 4) is 0 Å². The van der Waals surface area contributed by atoms with Crippen molar-refractivity contribution >= 4 is 15.9 Å². The van der Waals surface area contributed by atoms with Crippen LogP contribution >= 0.6 is 0 Å². The second-order valence-electron chi connectivity index (χ2n) is 9.51. The summed E-state index contributed by atoms with van der Waals surface area (Å²) < 4.78 is 32.5. The molecule has 3 heterocycles. The number of piperazine rings is 1. The van der Waals surface area contributed by atoms with Crippen LogP contribution in [0.15, 0.2) is 9.42 Å². The molecule has 0 spiro atoms. The highest BCUT2D eigenvalue weighted by atomic mass is 32.2. The molecule has 0 radical (unpaired) electrons. The van der Waals surface area contributed by atoms with Gasteiger partial charge in [0, 0.05) is 51.7 Å². The maximum atomic E-state index is 13.0. The van der Waals surface area contributed by atoms with Crippen LogP contribution in [0.2, 0.25) is 0 Å². The first kappa shape index (κ1) is 26.1. The Morgan fingerprint density at radius 1 is 1.09 bits per heavy atom. The lowest BCUT2D eigenvalue weighted by Gasteiger charge is -2.34. The van der Waals surface area contributed by atoms with E-state index in [1.165, 1.54) is 17.3 Å². The molecule has 1 aromatic heterocycles. The van der Waals surface area contributed by atoms with Crippen molar-refractivity contribution in [1.29, 1.82) is 0 Å². The molecule has 33 heavy (non-hydrogen) atoms. The molecule has 0 aromatic carbocycles. The molecule has 10 heteroatoms. The van der Waals surface area contributed by atoms with E-state index in [9.17, 15) is 13.2 Å². The van der Waals surface area contributed by atoms with Crippen molar-refractivity contribution < 1.29 is 17.7 Å². The van der Waals surface area contributed by atoms with Crippen LogP contribution in [0.4, 0.5) is 0 Å². The van der Waals surface area contributed by atoms with Gasteiger partial charge in [-0.1, -0.05) is 19.0 Å². The first-order chi connectivity index (χ1) is 15.7. The van der Waals surface area contributed by atoms with Crippen LogP contribution in [0.3, 0.4) is 0 Å². The van der Waals surface area contributed by atoms with Gasteiger partial charge in [-0.05, 0) is 58.5 Å². The minimum atomic E-state index is -3.62. The second kappa shape index (κ2) is 11.8. The highest BCUT2D eigenvalue weighted by molar-refractivity contribution is 7.89. The van der Waals surface area contributed by atoms with Gasteiger partial charge in [-0.15, -0.1) is 0 Å². The number of amides is 1. The molecular weight excluding hydrogens is 442 g/mol. The second-order valence-corrected chi connectivity index (χ2v) is 11.4. The molecule has 9 nitrogen and oxygen atoms in total. The normalized spacial score (nSPS) is 20.7. The van der Waals surface area contributed by atoms with Gasteiger partial charge in [0.05, 0.1) is 0 Å². The summed E-state index contributed by atoms with van der Waals surface area (Å²) in [6, 6.07) is 0. The van der Waals surface area contributed by atoms with Gasteiger partial charge in [-0.2, -0.15) is 4.31 Å². The van der Waals surface area contributed by atoms with Gasteiger partial charge in [0.25, 0.3) is 0 Å². The largest absolute Gasteiger partial charge is 0.360 e. The fourth-order valence-corrected chi connectivity index (χ4v) is 6.79. The minimum Gasteiger partial charge on any atom is -0.360 e. The summed E-state index contributed by atoms with van der Waals surface area (Å²) in [7, 11) is -3.62. The number of carbonyl (C=O) groups excluding carboxylic acids is 1. The van der Waals surface area contributed by atoms with Crippen molar-refractivity contribution in [2.24, 2.45) is 11.8 Å². The third kappa shape index (κ3) is 6.55. The Morgan fingerprint density at radius 3 is 2.24 bits per heavy atom. The zero-order valence-electron chi connectivity index (χ0n) is 20.7. The summed E-state index contributed by atoms with van der Waals surface area (Å²) in [6.07, 6.45) is 3.53. The SMILES string of the molecule is CCCN1CCN(CCCNC(=O)C(C)C2CCN(S(=O)(=O)c3c(C)noc3C)CC2)CC1. The molecule has 1 atom stereocenters. The van der Waals surface area contributed by atoms with Crippen molar-refractivity contribution in [3.63, 3.8) is 0 Å². The molecule has 188 valence electrons. The molecule has 3 rings (SSSR count). The predicted molar refractivity (Wildman–Crippen MR) is 127 cm³/mol. The van der Waals surface area contributed by atoms with E-state index in [1.54, 1.807) is 13.8 Å². The number of hydrogen-bond donors (Lipinski definition) is 1. The van der Waals surface area contributed by atoms with Crippen LogP contribution in [0.1, 0.15) is 51.0 Å². The minimum absolute atomic E-state index is 0.0785. The molecule has 2 saturated heterocycles. The van der Waals surface area contributed by atoms with Crippen LogP contribution in [-0.2, 0) is 14.8 Å². The average Bonchev–Trinajstić information content (AvgIpc) is 3.16. The number of aryl methyl sites for hydroxylation is 2. The lowest BCUT2D eigenvalue weighted by atomic mass is 9.85. The molecule has 1 amide bonds. The van der Waals surface area contributed by atoms with Crippen LogP contribution in [0.5, 0.6) is 0 Å². The van der Waals surface area contributed by atoms with Crippen molar-refractivity contribution in [2.75, 3.05) is 58.9 Å². The molecule has 1 N–H and O–H groups in total. The standard InChI is InChI=1S/C23H41N5O4S/c1-5-10-26-14-16-27(17-15-26)11-6-9-24-23(29)18(2)21-7-12-28(13-8-21)33(30,31)22-19(3)25-32-20(22)4/h18,21H,5-17H2,1-4H3,(H,24,29). The maximum absolute atomic E-state index is 13.0. The van der Waals surface area contributed by atoms with E-state index in [2.05, 4.69) is 27.2 Å². The monoisotopic (exact) mass is 483 g/mol. The Hall–Kier alpha value is -1.49. The first-order valence-corrected chi connectivity index (χ1v) is 13.8. The van der Waals surface area contributed by atoms with Crippen molar-refractivity contribution in [3.05, 3.63) is 11.5 Å². The van der Waals surface area contributed by atoms with Crippen molar-refractivity contribution in [2.45, 2.75) is 58.3 Å². The Kier molecular flexibility index (Phi) is 9.32. The molecule has 2 aliphatic heterocycles. The highest BCUT2D eigenvalue weighted by Crippen LogP contribution is 2.30. The van der Waals surface area contributed by atoms with Gasteiger partial charge in [0.2, 0.25) is 15.9 Å². The quantitative estimate of drug-likeness (QED) is 0.507. The third-order valence-electron chi connectivity index (χ3n) is 7.14. The number of rotatable bonds is 10. The molecule has 2 fully saturated rings. The zero-order chi connectivity index (χ0) is 24.0. The van der Waals surface area contributed by atoms with E-state index in [-0.39, 0.29) is 22.6 Å². The number of piperidine rings is 1. The van der Waals surface area contributed by atoms with Gasteiger partial charge in [0.15, 0.2) is 5.76 Å². The molecule has 2 aliphatic rings. The predicted octanol–water partition coefficient (Wildman–Crippen LogP) is 1.86. The molecule has 0 bridgehead atoms. The molecule has 1 aromatic rings. The molecule has 0 aliphatic carbocycles.